The van der Waals surface area contributed by atoms with Gasteiger partial charge in [0.1, 0.15) is 5.02 Å². The van der Waals surface area contributed by atoms with Crippen LogP contribution in [0.25, 0.3) is 0 Å². The molecule has 1 aliphatic carbocycles. The second kappa shape index (κ2) is 4.82. The molecule has 0 spiro atoms. The van der Waals surface area contributed by atoms with Crippen molar-refractivity contribution in [3.05, 3.63) is 16.9 Å². The molecule has 0 aromatic heterocycles. The van der Waals surface area contributed by atoms with E-state index in [0.717, 1.165) is 25.7 Å². The van der Waals surface area contributed by atoms with E-state index in [9.17, 15) is 9.50 Å². The topological polar surface area (TPSA) is 84.3 Å². The van der Waals surface area contributed by atoms with Crippen molar-refractivity contribution in [3.63, 3.8) is 0 Å². The van der Waals surface area contributed by atoms with Crippen molar-refractivity contribution in [1.29, 1.82) is 0 Å². The highest BCUT2D eigenvalue weighted by atomic mass is 35.5. The van der Waals surface area contributed by atoms with Crippen LogP contribution in [0.4, 0.5) is 21.5 Å². The Morgan fingerprint density at radius 1 is 1.33 bits per heavy atom. The molecular weight excluding hydrogens is 257 g/mol. The Kier molecular flexibility index (Phi) is 3.54. The molecule has 1 aromatic rings. The first-order valence-corrected chi connectivity index (χ1v) is 6.29. The Labute approximate surface area is 110 Å². The zero-order valence-corrected chi connectivity index (χ0v) is 10.7. The van der Waals surface area contributed by atoms with E-state index in [2.05, 4.69) is 5.32 Å². The van der Waals surface area contributed by atoms with Gasteiger partial charge in [-0.2, -0.15) is 0 Å². The van der Waals surface area contributed by atoms with E-state index in [1.165, 1.54) is 6.07 Å². The molecule has 0 aliphatic heterocycles. The maximum atomic E-state index is 14.0. The minimum atomic E-state index is -0.658. The lowest BCUT2D eigenvalue weighted by atomic mass is 9.98. The fourth-order valence-corrected chi connectivity index (χ4v) is 2.58. The van der Waals surface area contributed by atoms with Gasteiger partial charge < -0.3 is 21.9 Å². The zero-order valence-electron chi connectivity index (χ0n) is 9.97. The summed E-state index contributed by atoms with van der Waals surface area (Å²) in [5.74, 6) is -0.658. The lowest BCUT2D eigenvalue weighted by molar-refractivity contribution is 0.214. The Bertz CT molecular complexity index is 461. The van der Waals surface area contributed by atoms with Gasteiger partial charge in [-0.15, -0.1) is 0 Å². The third kappa shape index (κ3) is 2.20. The molecule has 0 amide bonds. The summed E-state index contributed by atoms with van der Waals surface area (Å²) in [4.78, 5) is 0. The smallest absolute Gasteiger partial charge is 0.169 e. The second-order valence-corrected chi connectivity index (χ2v) is 5.21. The lowest BCUT2D eigenvalue weighted by Crippen LogP contribution is -2.39. The van der Waals surface area contributed by atoms with Crippen LogP contribution in [0.5, 0.6) is 0 Å². The van der Waals surface area contributed by atoms with Gasteiger partial charge in [0, 0.05) is 0 Å². The van der Waals surface area contributed by atoms with Crippen LogP contribution in [0.2, 0.25) is 5.02 Å². The standard InChI is InChI=1S/C12H17ClFN3O/c13-9-7(15)5-8(16)11(10(9)14)17-12(6-18)3-1-2-4-12/h5,17-18H,1-4,6,15-16H2. The quantitative estimate of drug-likeness (QED) is 0.637. The molecule has 0 bridgehead atoms. The summed E-state index contributed by atoms with van der Waals surface area (Å²) in [5, 5.41) is 12.4. The second-order valence-electron chi connectivity index (χ2n) is 4.83. The summed E-state index contributed by atoms with van der Waals surface area (Å²) in [5.41, 5.74) is 11.2. The van der Waals surface area contributed by atoms with Gasteiger partial charge >= 0.3 is 0 Å². The molecule has 6 heteroatoms. The highest BCUT2D eigenvalue weighted by Crippen LogP contribution is 2.39. The number of hydrogen-bond acceptors (Lipinski definition) is 4. The fourth-order valence-electron chi connectivity index (χ4n) is 2.43. The number of hydrogen-bond donors (Lipinski definition) is 4. The molecule has 0 heterocycles. The monoisotopic (exact) mass is 273 g/mol. The minimum absolute atomic E-state index is 0.0616. The summed E-state index contributed by atoms with van der Waals surface area (Å²) in [7, 11) is 0. The fraction of sp³-hybridized carbons (Fsp3) is 0.500. The normalized spacial score (nSPS) is 17.9. The molecule has 0 unspecified atom stereocenters. The number of benzene rings is 1. The van der Waals surface area contributed by atoms with Crippen LogP contribution >= 0.6 is 11.6 Å². The van der Waals surface area contributed by atoms with Crippen molar-refractivity contribution in [2.24, 2.45) is 0 Å². The van der Waals surface area contributed by atoms with Crippen LogP contribution in [0.1, 0.15) is 25.7 Å². The number of nitrogens with one attached hydrogen (secondary N) is 1. The molecule has 0 radical (unpaired) electrons. The first-order chi connectivity index (χ1) is 8.49. The molecule has 0 atom stereocenters. The average molecular weight is 274 g/mol. The molecule has 2 rings (SSSR count). The van der Waals surface area contributed by atoms with Crippen LogP contribution in [-0.4, -0.2) is 17.3 Å². The molecule has 1 fully saturated rings. The van der Waals surface area contributed by atoms with Gasteiger partial charge in [0.2, 0.25) is 0 Å². The minimum Gasteiger partial charge on any atom is -0.397 e. The molecule has 1 saturated carbocycles. The number of aliphatic hydroxyl groups excluding tert-OH is 1. The molecule has 1 aromatic carbocycles. The van der Waals surface area contributed by atoms with Gasteiger partial charge in [0.15, 0.2) is 5.82 Å². The third-order valence-electron chi connectivity index (χ3n) is 3.52. The van der Waals surface area contributed by atoms with E-state index in [1.807, 2.05) is 0 Å². The van der Waals surface area contributed by atoms with Crippen LogP contribution in [0, 0.1) is 5.82 Å². The van der Waals surface area contributed by atoms with E-state index in [1.54, 1.807) is 0 Å². The summed E-state index contributed by atoms with van der Waals surface area (Å²) in [6.07, 6.45) is 3.56. The molecule has 4 nitrogen and oxygen atoms in total. The van der Waals surface area contributed by atoms with Crippen molar-refractivity contribution >= 4 is 28.7 Å². The third-order valence-corrected chi connectivity index (χ3v) is 3.90. The van der Waals surface area contributed by atoms with Crippen LogP contribution in [0.15, 0.2) is 6.07 Å². The Morgan fingerprint density at radius 2 is 1.94 bits per heavy atom. The summed E-state index contributed by atoms with van der Waals surface area (Å²) < 4.78 is 14.0. The molecule has 18 heavy (non-hydrogen) atoms. The predicted octanol–water partition coefficient (Wildman–Crippen LogP) is 2.36. The van der Waals surface area contributed by atoms with Crippen molar-refractivity contribution in [1.82, 2.24) is 0 Å². The van der Waals surface area contributed by atoms with Gasteiger partial charge in [0.05, 0.1) is 29.2 Å². The van der Waals surface area contributed by atoms with Gasteiger partial charge in [-0.1, -0.05) is 24.4 Å². The summed E-state index contributed by atoms with van der Waals surface area (Å²) >= 11 is 5.77. The average Bonchev–Trinajstić information content (AvgIpc) is 2.81. The maximum Gasteiger partial charge on any atom is 0.169 e. The molecule has 100 valence electrons. The first-order valence-electron chi connectivity index (χ1n) is 5.91. The molecule has 6 N–H and O–H groups in total. The van der Waals surface area contributed by atoms with E-state index < -0.39 is 11.4 Å². The lowest BCUT2D eigenvalue weighted by Gasteiger charge is -2.30. The Morgan fingerprint density at radius 3 is 2.50 bits per heavy atom. The largest absolute Gasteiger partial charge is 0.397 e. The molecule has 0 saturated heterocycles. The highest BCUT2D eigenvalue weighted by Gasteiger charge is 2.34. The number of nitrogens with two attached hydrogens (primary N) is 2. The van der Waals surface area contributed by atoms with E-state index in [4.69, 9.17) is 23.1 Å². The van der Waals surface area contributed by atoms with Gasteiger partial charge in [-0.25, -0.2) is 4.39 Å². The SMILES string of the molecule is Nc1cc(N)c(NC2(CO)CCCC2)c(F)c1Cl. The number of anilines is 3. The first kappa shape index (κ1) is 13.2. The zero-order chi connectivity index (χ0) is 13.3. The predicted molar refractivity (Wildman–Crippen MR) is 72.1 cm³/mol. The van der Waals surface area contributed by atoms with Gasteiger partial charge in [0.25, 0.3) is 0 Å². The van der Waals surface area contributed by atoms with Crippen LogP contribution in [0.3, 0.4) is 0 Å². The van der Waals surface area contributed by atoms with Gasteiger partial charge in [-0.05, 0) is 18.9 Å². The number of nitrogen functional groups attached to an aromatic ring is 2. The Balaban J connectivity index is 2.37. The summed E-state index contributed by atoms with van der Waals surface area (Å²) in [6, 6.07) is 1.42. The number of halogens is 2. The van der Waals surface area contributed by atoms with Crippen LogP contribution < -0.4 is 16.8 Å². The van der Waals surface area contributed by atoms with E-state index in [0.29, 0.717) is 0 Å². The van der Waals surface area contributed by atoms with E-state index in [-0.39, 0.29) is 28.7 Å². The van der Waals surface area contributed by atoms with Crippen molar-refractivity contribution in [2.75, 3.05) is 23.4 Å². The number of aliphatic hydroxyl groups is 1. The Hall–Kier alpha value is -1.20. The van der Waals surface area contributed by atoms with Gasteiger partial charge in [-0.3, -0.25) is 0 Å². The maximum absolute atomic E-state index is 14.0. The number of rotatable bonds is 3. The van der Waals surface area contributed by atoms with Crippen molar-refractivity contribution in [2.45, 2.75) is 31.2 Å². The van der Waals surface area contributed by atoms with E-state index >= 15 is 0 Å². The van der Waals surface area contributed by atoms with Crippen LogP contribution in [-0.2, 0) is 0 Å². The highest BCUT2D eigenvalue weighted by molar-refractivity contribution is 6.33. The summed E-state index contributed by atoms with van der Waals surface area (Å²) in [6.45, 7) is -0.0616. The molecular formula is C12H17ClFN3O. The van der Waals surface area contributed by atoms with Crippen molar-refractivity contribution < 1.29 is 9.50 Å². The molecule has 1 aliphatic rings. The van der Waals surface area contributed by atoms with Crippen molar-refractivity contribution in [3.8, 4) is 0 Å².